The molecule has 1 aromatic carbocycles. The number of thioether (sulfide) groups is 1. The van der Waals surface area contributed by atoms with Crippen molar-refractivity contribution >= 4 is 17.7 Å². The highest BCUT2D eigenvalue weighted by molar-refractivity contribution is 8.01. The molecule has 96 valence electrons. The molecule has 19 heavy (non-hydrogen) atoms. The Kier molecular flexibility index (Phi) is 2.87. The average Bonchev–Trinajstić information content (AvgIpc) is 2.42. The Morgan fingerprint density at radius 1 is 1.42 bits per heavy atom. The fraction of sp³-hybridized carbons (Fsp3) is 0.333. The lowest BCUT2D eigenvalue weighted by Gasteiger charge is -2.42. The molecule has 0 unspecified atom stereocenters. The molecule has 4 rings (SSSR count). The molecule has 0 saturated carbocycles. The monoisotopic (exact) mass is 271 g/mol. The first-order valence-corrected chi connectivity index (χ1v) is 7.01. The third kappa shape index (κ3) is 1.95. The molecule has 0 amide bonds. The van der Waals surface area contributed by atoms with Crippen molar-refractivity contribution in [1.82, 2.24) is 0 Å². The van der Waals surface area contributed by atoms with E-state index < -0.39 is 4.75 Å². The molecular formula is C15H13NO2S. The zero-order valence-corrected chi connectivity index (χ0v) is 11.3. The molecule has 4 heteroatoms. The molecule has 1 aliphatic carbocycles. The van der Waals surface area contributed by atoms with Crippen LogP contribution in [0.4, 0.5) is 0 Å². The van der Waals surface area contributed by atoms with Crippen LogP contribution in [-0.4, -0.2) is 16.8 Å². The molecule has 3 aliphatic rings. The van der Waals surface area contributed by atoms with Gasteiger partial charge in [-0.3, -0.25) is 4.79 Å². The van der Waals surface area contributed by atoms with E-state index in [0.717, 1.165) is 4.90 Å². The lowest BCUT2D eigenvalue weighted by Crippen LogP contribution is -2.52. The molecule has 1 saturated heterocycles. The number of carbonyl (C=O) groups excluding carboxylic acids is 1. The van der Waals surface area contributed by atoms with Crippen molar-refractivity contribution in [3.8, 4) is 6.07 Å². The van der Waals surface area contributed by atoms with Gasteiger partial charge >= 0.3 is 5.97 Å². The molecule has 2 bridgehead atoms. The van der Waals surface area contributed by atoms with Crippen molar-refractivity contribution in [1.29, 1.82) is 5.26 Å². The summed E-state index contributed by atoms with van der Waals surface area (Å²) in [6.07, 6.45) is 4.12. The first-order valence-electron chi connectivity index (χ1n) is 6.20. The molecule has 2 heterocycles. The van der Waals surface area contributed by atoms with Crippen LogP contribution < -0.4 is 0 Å². The summed E-state index contributed by atoms with van der Waals surface area (Å²) in [6, 6.07) is 10.2. The van der Waals surface area contributed by atoms with Crippen LogP contribution in [0.3, 0.4) is 0 Å². The number of hydrogen-bond donors (Lipinski definition) is 0. The third-order valence-corrected chi connectivity index (χ3v) is 5.02. The zero-order valence-electron chi connectivity index (χ0n) is 10.5. The van der Waals surface area contributed by atoms with Crippen LogP contribution in [0.2, 0.25) is 0 Å². The maximum Gasteiger partial charge on any atom is 0.328 e. The van der Waals surface area contributed by atoms with Crippen molar-refractivity contribution in [2.75, 3.05) is 0 Å². The maximum absolute atomic E-state index is 12.2. The number of esters is 1. The highest BCUT2D eigenvalue weighted by Gasteiger charge is 2.54. The minimum atomic E-state index is -0.876. The summed E-state index contributed by atoms with van der Waals surface area (Å²) < 4.78 is 4.44. The average molecular weight is 271 g/mol. The van der Waals surface area contributed by atoms with Gasteiger partial charge in [0, 0.05) is 11.3 Å². The van der Waals surface area contributed by atoms with Gasteiger partial charge in [-0.15, -0.1) is 11.8 Å². The maximum atomic E-state index is 12.2. The van der Waals surface area contributed by atoms with Crippen LogP contribution in [0.1, 0.15) is 12.0 Å². The van der Waals surface area contributed by atoms with E-state index in [9.17, 15) is 10.1 Å². The lowest BCUT2D eigenvalue weighted by molar-refractivity contribution is -0.156. The summed E-state index contributed by atoms with van der Waals surface area (Å²) in [7, 11) is 0. The van der Waals surface area contributed by atoms with Crippen molar-refractivity contribution < 1.29 is 9.53 Å². The molecule has 1 fully saturated rings. The van der Waals surface area contributed by atoms with E-state index in [2.05, 4.69) is 6.07 Å². The summed E-state index contributed by atoms with van der Waals surface area (Å²) >= 11 is 1.42. The Morgan fingerprint density at radius 2 is 2.16 bits per heavy atom. The largest absolute Gasteiger partial charge is 0.457 e. The van der Waals surface area contributed by atoms with Gasteiger partial charge in [0.1, 0.15) is 6.10 Å². The summed E-state index contributed by atoms with van der Waals surface area (Å²) in [5.41, 5.74) is 1.17. The number of hydrogen-bond acceptors (Lipinski definition) is 4. The van der Waals surface area contributed by atoms with Crippen molar-refractivity contribution in [2.45, 2.75) is 29.1 Å². The summed E-state index contributed by atoms with van der Waals surface area (Å²) in [6.45, 7) is 2.02. The second kappa shape index (κ2) is 4.43. The van der Waals surface area contributed by atoms with Crippen molar-refractivity contribution in [2.24, 2.45) is 5.92 Å². The molecule has 3 atom stereocenters. The number of benzene rings is 1. The molecule has 2 aliphatic heterocycles. The van der Waals surface area contributed by atoms with E-state index in [1.165, 1.54) is 17.3 Å². The third-order valence-electron chi connectivity index (χ3n) is 3.59. The quantitative estimate of drug-likeness (QED) is 0.613. The van der Waals surface area contributed by atoms with Crippen molar-refractivity contribution in [3.05, 3.63) is 42.0 Å². The molecule has 0 N–H and O–H groups in total. The molecule has 0 radical (unpaired) electrons. The van der Waals surface area contributed by atoms with Crippen LogP contribution in [0.25, 0.3) is 0 Å². The predicted octanol–water partition coefficient (Wildman–Crippen LogP) is 2.85. The Balaban J connectivity index is 1.97. The van der Waals surface area contributed by atoms with E-state index in [4.69, 9.17) is 4.74 Å². The second-order valence-corrected chi connectivity index (χ2v) is 6.28. The number of aryl methyl sites for hydroxylation is 1. The molecule has 0 aromatic heterocycles. The van der Waals surface area contributed by atoms with Crippen LogP contribution in [0.5, 0.6) is 0 Å². The fourth-order valence-corrected chi connectivity index (χ4v) is 3.71. The highest BCUT2D eigenvalue weighted by Crippen LogP contribution is 2.48. The number of rotatable bonds is 2. The Bertz CT molecular complexity index is 587. The van der Waals surface area contributed by atoms with E-state index in [-0.39, 0.29) is 18.0 Å². The van der Waals surface area contributed by atoms with E-state index in [0.29, 0.717) is 6.42 Å². The Morgan fingerprint density at radius 3 is 2.79 bits per heavy atom. The van der Waals surface area contributed by atoms with Gasteiger partial charge in [-0.2, -0.15) is 5.26 Å². The minimum absolute atomic E-state index is 0.224. The number of ether oxygens (including phenoxy) is 1. The Hall–Kier alpha value is -1.73. The molecule has 0 spiro atoms. The number of nitrogens with zero attached hydrogens (tertiary/aromatic N) is 1. The summed E-state index contributed by atoms with van der Waals surface area (Å²) in [5, 5.41) is 9.31. The standard InChI is InChI=1S/C15H13NO2S/c1-10-2-4-13(5-3-10)19-15-7-6-12(18-14(15)17)8-11(15)9-16/h2-7,11-12H,8H2,1H3/t11-,12-,15-/m1/s1. The van der Waals surface area contributed by atoms with Crippen LogP contribution in [0, 0.1) is 24.2 Å². The molecule has 3 nitrogen and oxygen atoms in total. The smallest absolute Gasteiger partial charge is 0.328 e. The van der Waals surface area contributed by atoms with Crippen molar-refractivity contribution in [3.63, 3.8) is 0 Å². The summed E-state index contributed by atoms with van der Waals surface area (Å²) in [4.78, 5) is 13.2. The number of nitriles is 1. The van der Waals surface area contributed by atoms with E-state index >= 15 is 0 Å². The normalized spacial score (nSPS) is 31.9. The SMILES string of the molecule is Cc1ccc(S[C@]23C=C[C@H](C[C@@H]2C#N)OC3=O)cc1. The second-order valence-electron chi connectivity index (χ2n) is 4.93. The minimum Gasteiger partial charge on any atom is -0.457 e. The van der Waals surface area contributed by atoms with Gasteiger partial charge in [-0.1, -0.05) is 23.8 Å². The topological polar surface area (TPSA) is 50.1 Å². The summed E-state index contributed by atoms with van der Waals surface area (Å²) in [5.74, 6) is -0.613. The van der Waals surface area contributed by atoms with Gasteiger partial charge < -0.3 is 4.74 Å². The number of fused-ring (bicyclic) bond motifs is 2. The first kappa shape index (κ1) is 12.3. The lowest BCUT2D eigenvalue weighted by atomic mass is 9.80. The first-order chi connectivity index (χ1) is 9.14. The highest BCUT2D eigenvalue weighted by atomic mass is 32.2. The zero-order chi connectivity index (χ0) is 13.5. The molecule has 1 aromatic rings. The molecular weight excluding hydrogens is 258 g/mol. The van der Waals surface area contributed by atoms with Gasteiger partial charge in [0.15, 0.2) is 4.75 Å². The van der Waals surface area contributed by atoms with Gasteiger partial charge in [0.05, 0.1) is 12.0 Å². The van der Waals surface area contributed by atoms with E-state index in [1.54, 1.807) is 0 Å². The van der Waals surface area contributed by atoms with Gasteiger partial charge in [-0.25, -0.2) is 0 Å². The number of carbonyl (C=O) groups is 1. The van der Waals surface area contributed by atoms with Gasteiger partial charge in [0.25, 0.3) is 0 Å². The van der Waals surface area contributed by atoms with E-state index in [1.807, 2.05) is 43.3 Å². The van der Waals surface area contributed by atoms with Crippen LogP contribution >= 0.6 is 11.8 Å². The van der Waals surface area contributed by atoms with Gasteiger partial charge in [0.2, 0.25) is 0 Å². The predicted molar refractivity (Wildman–Crippen MR) is 72.5 cm³/mol. The van der Waals surface area contributed by atoms with Gasteiger partial charge in [-0.05, 0) is 25.1 Å². The van der Waals surface area contributed by atoms with Crippen LogP contribution in [-0.2, 0) is 9.53 Å². The fourth-order valence-electron chi connectivity index (χ4n) is 2.48. The Labute approximate surface area is 116 Å². The van der Waals surface area contributed by atoms with Crippen LogP contribution in [0.15, 0.2) is 41.3 Å².